The first-order valence-corrected chi connectivity index (χ1v) is 12.9. The Balaban J connectivity index is 1.53. The third-order valence-corrected chi connectivity index (χ3v) is 10.6. The standard InChI is InChI=1S/C28H46O/c1-19(2)9-8-10-20(3)23-12-13-25-22-17-21(18-29)24-11-6-7-15-27(24,4)26(22)14-16-28(23,25)5/h6,11,18-26H,7-10,12-17H2,1-5H3/t20-,21?,22+,23-,24?,25+,26+,27+,28-/m1/s1. The van der Waals surface area contributed by atoms with E-state index >= 15 is 0 Å². The molecule has 29 heavy (non-hydrogen) atoms. The molecular formula is C28H46O. The molecule has 1 heteroatoms. The molecule has 0 spiro atoms. The first-order valence-electron chi connectivity index (χ1n) is 12.9. The minimum Gasteiger partial charge on any atom is -0.303 e. The molecule has 0 amide bonds. The lowest BCUT2D eigenvalue weighted by atomic mass is 9.43. The van der Waals surface area contributed by atoms with Crippen molar-refractivity contribution in [2.45, 2.75) is 98.8 Å². The molecule has 3 saturated carbocycles. The predicted octanol–water partition coefficient (Wildman–Crippen LogP) is 7.70. The quantitative estimate of drug-likeness (QED) is 0.331. The SMILES string of the molecule is CC(C)CCC[C@@H](C)[C@H]1CC[C@H]2[C@@H]3CC(C=O)C4C=CCC[C@]4(C)[C@H]3CC[C@]12C. The monoisotopic (exact) mass is 398 g/mol. The average molecular weight is 399 g/mol. The molecule has 0 bridgehead atoms. The molecule has 3 fully saturated rings. The Morgan fingerprint density at radius 1 is 1.00 bits per heavy atom. The maximum Gasteiger partial charge on any atom is 0.123 e. The van der Waals surface area contributed by atoms with Crippen LogP contribution in [0.4, 0.5) is 0 Å². The van der Waals surface area contributed by atoms with Gasteiger partial charge in [0.25, 0.3) is 0 Å². The van der Waals surface area contributed by atoms with Gasteiger partial charge in [-0.2, -0.15) is 0 Å². The molecule has 4 rings (SSSR count). The maximum absolute atomic E-state index is 12.1. The molecule has 0 aromatic carbocycles. The fourth-order valence-electron chi connectivity index (χ4n) is 9.15. The molecule has 0 radical (unpaired) electrons. The second-order valence-corrected chi connectivity index (χ2v) is 12.4. The van der Waals surface area contributed by atoms with Gasteiger partial charge in [0.05, 0.1) is 0 Å². The van der Waals surface area contributed by atoms with Gasteiger partial charge in [-0.15, -0.1) is 0 Å². The van der Waals surface area contributed by atoms with Crippen LogP contribution in [-0.4, -0.2) is 6.29 Å². The van der Waals surface area contributed by atoms with Crippen molar-refractivity contribution in [1.29, 1.82) is 0 Å². The third-order valence-electron chi connectivity index (χ3n) is 10.6. The molecule has 1 nitrogen and oxygen atoms in total. The highest BCUT2D eigenvalue weighted by Gasteiger charge is 2.61. The van der Waals surface area contributed by atoms with Gasteiger partial charge in [-0.3, -0.25) is 0 Å². The zero-order valence-corrected chi connectivity index (χ0v) is 19.8. The van der Waals surface area contributed by atoms with Crippen LogP contribution in [0.1, 0.15) is 98.8 Å². The van der Waals surface area contributed by atoms with Crippen molar-refractivity contribution < 1.29 is 4.79 Å². The number of aldehydes is 1. The van der Waals surface area contributed by atoms with E-state index in [1.807, 2.05) is 0 Å². The minimum atomic E-state index is 0.266. The number of hydrogen-bond donors (Lipinski definition) is 0. The highest BCUT2D eigenvalue weighted by Crippen LogP contribution is 2.68. The van der Waals surface area contributed by atoms with Crippen molar-refractivity contribution in [1.82, 2.24) is 0 Å². The van der Waals surface area contributed by atoms with Crippen LogP contribution in [0.25, 0.3) is 0 Å². The van der Waals surface area contributed by atoms with Gasteiger partial charge in [-0.05, 0) is 97.2 Å². The number of allylic oxidation sites excluding steroid dienone is 2. The fraction of sp³-hybridized carbons (Fsp3) is 0.893. The highest BCUT2D eigenvalue weighted by atomic mass is 16.1. The van der Waals surface area contributed by atoms with Crippen LogP contribution in [0.15, 0.2) is 12.2 Å². The normalized spacial score (nSPS) is 47.4. The number of rotatable bonds is 6. The molecule has 0 N–H and O–H groups in total. The van der Waals surface area contributed by atoms with E-state index in [9.17, 15) is 4.79 Å². The molecule has 164 valence electrons. The van der Waals surface area contributed by atoms with Crippen LogP contribution in [0, 0.1) is 58.2 Å². The van der Waals surface area contributed by atoms with Gasteiger partial charge in [0.2, 0.25) is 0 Å². The van der Waals surface area contributed by atoms with E-state index in [1.54, 1.807) is 0 Å². The summed E-state index contributed by atoms with van der Waals surface area (Å²) in [5, 5.41) is 0. The zero-order chi connectivity index (χ0) is 20.8. The van der Waals surface area contributed by atoms with Crippen molar-refractivity contribution in [3.8, 4) is 0 Å². The Morgan fingerprint density at radius 2 is 1.76 bits per heavy atom. The number of carbonyl (C=O) groups excluding carboxylic acids is 1. The molecule has 0 heterocycles. The molecular weight excluding hydrogens is 352 g/mol. The van der Waals surface area contributed by atoms with E-state index < -0.39 is 0 Å². The lowest BCUT2D eigenvalue weighted by Crippen LogP contribution is -2.55. The maximum atomic E-state index is 12.1. The second kappa shape index (κ2) is 8.16. The molecule has 0 aromatic rings. The molecule has 0 aliphatic heterocycles. The summed E-state index contributed by atoms with van der Waals surface area (Å²) < 4.78 is 0. The van der Waals surface area contributed by atoms with Gasteiger partial charge in [-0.25, -0.2) is 0 Å². The summed E-state index contributed by atoms with van der Waals surface area (Å²) in [7, 11) is 0. The largest absolute Gasteiger partial charge is 0.303 e. The van der Waals surface area contributed by atoms with Crippen molar-refractivity contribution >= 4 is 6.29 Å². The Labute approximate surface area is 180 Å². The van der Waals surface area contributed by atoms with E-state index in [0.717, 1.165) is 35.5 Å². The van der Waals surface area contributed by atoms with Gasteiger partial charge in [0.1, 0.15) is 6.29 Å². The van der Waals surface area contributed by atoms with Gasteiger partial charge in [0.15, 0.2) is 0 Å². The summed E-state index contributed by atoms with van der Waals surface area (Å²) in [4.78, 5) is 12.1. The van der Waals surface area contributed by atoms with Gasteiger partial charge >= 0.3 is 0 Å². The Kier molecular flexibility index (Phi) is 6.09. The third kappa shape index (κ3) is 3.57. The second-order valence-electron chi connectivity index (χ2n) is 12.4. The molecule has 9 atom stereocenters. The minimum absolute atomic E-state index is 0.266. The average Bonchev–Trinajstić information content (AvgIpc) is 3.04. The van der Waals surface area contributed by atoms with E-state index in [1.165, 1.54) is 70.5 Å². The van der Waals surface area contributed by atoms with Crippen molar-refractivity contribution in [3.63, 3.8) is 0 Å². The lowest BCUT2D eigenvalue weighted by Gasteiger charge is -2.61. The lowest BCUT2D eigenvalue weighted by molar-refractivity contribution is -0.134. The summed E-state index contributed by atoms with van der Waals surface area (Å²) in [6.45, 7) is 12.5. The summed E-state index contributed by atoms with van der Waals surface area (Å²) >= 11 is 0. The van der Waals surface area contributed by atoms with Crippen LogP contribution >= 0.6 is 0 Å². The smallest absolute Gasteiger partial charge is 0.123 e. The van der Waals surface area contributed by atoms with Crippen molar-refractivity contribution in [2.24, 2.45) is 58.2 Å². The Bertz CT molecular complexity index is 620. The first kappa shape index (κ1) is 21.6. The van der Waals surface area contributed by atoms with Crippen molar-refractivity contribution in [2.75, 3.05) is 0 Å². The van der Waals surface area contributed by atoms with E-state index in [-0.39, 0.29) is 5.92 Å². The number of fused-ring (bicyclic) bond motifs is 5. The zero-order valence-electron chi connectivity index (χ0n) is 19.8. The number of hydrogen-bond acceptors (Lipinski definition) is 1. The Hall–Kier alpha value is -0.590. The first-order chi connectivity index (χ1) is 13.8. The van der Waals surface area contributed by atoms with Crippen LogP contribution < -0.4 is 0 Å². The van der Waals surface area contributed by atoms with Crippen LogP contribution in [0.2, 0.25) is 0 Å². The van der Waals surface area contributed by atoms with Crippen molar-refractivity contribution in [3.05, 3.63) is 12.2 Å². The van der Waals surface area contributed by atoms with Crippen LogP contribution in [-0.2, 0) is 4.79 Å². The predicted molar refractivity (Wildman–Crippen MR) is 123 cm³/mol. The van der Waals surface area contributed by atoms with Gasteiger partial charge in [-0.1, -0.05) is 66.0 Å². The molecule has 2 unspecified atom stereocenters. The summed E-state index contributed by atoms with van der Waals surface area (Å²) in [5.74, 6) is 5.90. The van der Waals surface area contributed by atoms with Crippen LogP contribution in [0.3, 0.4) is 0 Å². The van der Waals surface area contributed by atoms with Gasteiger partial charge < -0.3 is 4.79 Å². The topological polar surface area (TPSA) is 17.1 Å². The summed E-state index contributed by atoms with van der Waals surface area (Å²) in [6.07, 6.45) is 19.8. The Morgan fingerprint density at radius 3 is 2.48 bits per heavy atom. The fourth-order valence-corrected chi connectivity index (χ4v) is 9.15. The van der Waals surface area contributed by atoms with E-state index in [2.05, 4.69) is 46.8 Å². The van der Waals surface area contributed by atoms with E-state index in [0.29, 0.717) is 16.7 Å². The highest BCUT2D eigenvalue weighted by molar-refractivity contribution is 5.56. The summed E-state index contributed by atoms with van der Waals surface area (Å²) in [6, 6.07) is 0. The molecule has 4 aliphatic carbocycles. The number of carbonyl (C=O) groups is 1. The van der Waals surface area contributed by atoms with E-state index in [4.69, 9.17) is 0 Å². The van der Waals surface area contributed by atoms with Crippen LogP contribution in [0.5, 0.6) is 0 Å². The summed E-state index contributed by atoms with van der Waals surface area (Å²) in [5.41, 5.74) is 0.894. The molecule has 0 saturated heterocycles. The van der Waals surface area contributed by atoms with Gasteiger partial charge in [0, 0.05) is 5.92 Å². The molecule has 0 aromatic heterocycles. The molecule has 4 aliphatic rings.